The average molecular weight is 327 g/mol. The Bertz CT molecular complexity index is 502. The number of aliphatic hydroxyl groups excluding tert-OH is 1. The number of alkyl halides is 3. The number of hydrogen-bond acceptors (Lipinski definition) is 2. The van der Waals surface area contributed by atoms with Gasteiger partial charge in [-0.05, 0) is 49.5 Å². The fraction of sp³-hybridized carbons (Fsp3) is 0.571. The molecule has 1 N–H and O–H groups in total. The molecule has 1 aromatic rings. The highest BCUT2D eigenvalue weighted by Crippen LogP contribution is 2.32. The minimum absolute atomic E-state index is 0.114. The third-order valence-corrected chi connectivity index (χ3v) is 3.86. The summed E-state index contributed by atoms with van der Waals surface area (Å²) in [7, 11) is 0. The minimum Gasteiger partial charge on any atom is -0.383 e. The van der Waals surface area contributed by atoms with E-state index >= 15 is 0 Å². The van der Waals surface area contributed by atoms with E-state index in [1.54, 1.807) is 4.90 Å². The van der Waals surface area contributed by atoms with Gasteiger partial charge < -0.3 is 5.11 Å². The van der Waals surface area contributed by atoms with Gasteiger partial charge in [-0.2, -0.15) is 13.2 Å². The highest BCUT2D eigenvalue weighted by molar-refractivity contribution is 5.19. The number of halogens is 6. The lowest BCUT2D eigenvalue weighted by Crippen LogP contribution is -2.43. The maximum absolute atomic E-state index is 13.1. The molecule has 0 aromatic heterocycles. The van der Waals surface area contributed by atoms with Crippen LogP contribution < -0.4 is 0 Å². The number of hydrogen-bond donors (Lipinski definition) is 1. The zero-order chi connectivity index (χ0) is 16.5. The standard InChI is InChI=1S/C14H15F6NO/c15-10-5-8(6-11(16)12(10)17)7-21-3-1-9(2-4-21)13(22)14(18,19)20/h5-6,9,13,22H,1-4,7H2. The van der Waals surface area contributed by atoms with E-state index in [-0.39, 0.29) is 38.0 Å². The van der Waals surface area contributed by atoms with Crippen LogP contribution in [0.3, 0.4) is 0 Å². The van der Waals surface area contributed by atoms with Crippen LogP contribution >= 0.6 is 0 Å². The van der Waals surface area contributed by atoms with E-state index in [1.807, 2.05) is 0 Å². The summed E-state index contributed by atoms with van der Waals surface area (Å²) in [5, 5.41) is 9.21. The van der Waals surface area contributed by atoms with Crippen LogP contribution in [-0.4, -0.2) is 35.4 Å². The second kappa shape index (κ2) is 6.45. The van der Waals surface area contributed by atoms with E-state index in [2.05, 4.69) is 0 Å². The fourth-order valence-corrected chi connectivity index (χ4v) is 2.65. The lowest BCUT2D eigenvalue weighted by molar-refractivity contribution is -0.223. The van der Waals surface area contributed by atoms with Crippen LogP contribution in [0.2, 0.25) is 0 Å². The van der Waals surface area contributed by atoms with Crippen molar-refractivity contribution in [3.63, 3.8) is 0 Å². The first-order valence-electron chi connectivity index (χ1n) is 6.79. The Morgan fingerprint density at radius 3 is 2.05 bits per heavy atom. The predicted molar refractivity (Wildman–Crippen MR) is 66.4 cm³/mol. The first-order valence-corrected chi connectivity index (χ1v) is 6.79. The van der Waals surface area contributed by atoms with Gasteiger partial charge in [-0.15, -0.1) is 0 Å². The molecule has 1 aromatic carbocycles. The van der Waals surface area contributed by atoms with Gasteiger partial charge in [0, 0.05) is 6.54 Å². The molecule has 8 heteroatoms. The van der Waals surface area contributed by atoms with Crippen LogP contribution in [0, 0.1) is 23.4 Å². The van der Waals surface area contributed by atoms with Crippen LogP contribution in [0.1, 0.15) is 18.4 Å². The van der Waals surface area contributed by atoms with Crippen molar-refractivity contribution in [2.45, 2.75) is 31.7 Å². The van der Waals surface area contributed by atoms with Crippen molar-refractivity contribution >= 4 is 0 Å². The molecule has 0 aliphatic carbocycles. The largest absolute Gasteiger partial charge is 0.414 e. The SMILES string of the molecule is OC(C1CCN(Cc2cc(F)c(F)c(F)c2)CC1)C(F)(F)F. The summed E-state index contributed by atoms with van der Waals surface area (Å²) in [6.45, 7) is 0.639. The van der Waals surface area contributed by atoms with Gasteiger partial charge in [0.15, 0.2) is 23.6 Å². The van der Waals surface area contributed by atoms with Gasteiger partial charge in [0.1, 0.15) is 0 Å². The Balaban J connectivity index is 1.93. The number of benzene rings is 1. The van der Waals surface area contributed by atoms with Gasteiger partial charge in [0.05, 0.1) is 0 Å². The third kappa shape index (κ3) is 3.92. The van der Waals surface area contributed by atoms with Crippen LogP contribution in [0.5, 0.6) is 0 Å². The van der Waals surface area contributed by atoms with Crippen molar-refractivity contribution in [1.29, 1.82) is 0 Å². The van der Waals surface area contributed by atoms with Gasteiger partial charge in [0.2, 0.25) is 0 Å². The van der Waals surface area contributed by atoms with Crippen molar-refractivity contribution in [2.75, 3.05) is 13.1 Å². The van der Waals surface area contributed by atoms with Crippen molar-refractivity contribution in [2.24, 2.45) is 5.92 Å². The summed E-state index contributed by atoms with van der Waals surface area (Å²) in [6.07, 6.45) is -6.73. The molecule has 1 fully saturated rings. The van der Waals surface area contributed by atoms with E-state index in [4.69, 9.17) is 0 Å². The first-order chi connectivity index (χ1) is 10.2. The zero-order valence-electron chi connectivity index (χ0n) is 11.5. The van der Waals surface area contributed by atoms with E-state index in [1.165, 1.54) is 0 Å². The second-order valence-corrected chi connectivity index (χ2v) is 5.47. The molecule has 1 aliphatic rings. The molecular formula is C14H15F6NO. The van der Waals surface area contributed by atoms with E-state index in [0.29, 0.717) is 0 Å². The molecule has 22 heavy (non-hydrogen) atoms. The minimum atomic E-state index is -4.64. The maximum atomic E-state index is 13.1. The van der Waals surface area contributed by atoms with E-state index in [9.17, 15) is 31.4 Å². The highest BCUT2D eigenvalue weighted by atomic mass is 19.4. The first kappa shape index (κ1) is 17.1. The topological polar surface area (TPSA) is 23.5 Å². The lowest BCUT2D eigenvalue weighted by Gasteiger charge is -2.34. The van der Waals surface area contributed by atoms with Crippen LogP contribution in [0.15, 0.2) is 12.1 Å². The number of rotatable bonds is 3. The number of aliphatic hydroxyl groups is 1. The summed E-state index contributed by atoms with van der Waals surface area (Å²) in [4.78, 5) is 1.71. The fourth-order valence-electron chi connectivity index (χ4n) is 2.65. The molecule has 0 amide bonds. The Morgan fingerprint density at radius 2 is 1.59 bits per heavy atom. The van der Waals surface area contributed by atoms with Crippen LogP contribution in [0.25, 0.3) is 0 Å². The van der Waals surface area contributed by atoms with Crippen molar-refractivity contribution in [1.82, 2.24) is 4.90 Å². The Morgan fingerprint density at radius 1 is 1.09 bits per heavy atom. The average Bonchev–Trinajstić information content (AvgIpc) is 2.44. The highest BCUT2D eigenvalue weighted by Gasteiger charge is 2.44. The van der Waals surface area contributed by atoms with Gasteiger partial charge in [-0.3, -0.25) is 4.90 Å². The van der Waals surface area contributed by atoms with E-state index < -0.39 is 35.6 Å². The summed E-state index contributed by atoms with van der Waals surface area (Å²) in [5.74, 6) is -5.01. The van der Waals surface area contributed by atoms with Gasteiger partial charge in [-0.1, -0.05) is 0 Å². The molecular weight excluding hydrogens is 312 g/mol. The third-order valence-electron chi connectivity index (χ3n) is 3.86. The molecule has 0 bridgehead atoms. The van der Waals surface area contributed by atoms with Crippen LogP contribution in [0.4, 0.5) is 26.3 Å². The van der Waals surface area contributed by atoms with Gasteiger partial charge in [0.25, 0.3) is 0 Å². The van der Waals surface area contributed by atoms with Crippen LogP contribution in [-0.2, 0) is 6.54 Å². The van der Waals surface area contributed by atoms with Crippen molar-refractivity contribution in [3.05, 3.63) is 35.1 Å². The molecule has 1 saturated heterocycles. The molecule has 0 radical (unpaired) electrons. The summed E-state index contributed by atoms with van der Waals surface area (Å²) >= 11 is 0. The number of likely N-dealkylation sites (tertiary alicyclic amines) is 1. The van der Waals surface area contributed by atoms with Gasteiger partial charge >= 0.3 is 6.18 Å². The van der Waals surface area contributed by atoms with E-state index in [0.717, 1.165) is 12.1 Å². The maximum Gasteiger partial charge on any atom is 0.414 e. The lowest BCUT2D eigenvalue weighted by atomic mass is 9.90. The Labute approximate surface area is 123 Å². The zero-order valence-corrected chi connectivity index (χ0v) is 11.5. The molecule has 124 valence electrons. The smallest absolute Gasteiger partial charge is 0.383 e. The Kier molecular flexibility index (Phi) is 5.01. The second-order valence-electron chi connectivity index (χ2n) is 5.47. The summed E-state index contributed by atoms with van der Waals surface area (Å²) < 4.78 is 76.3. The number of piperidine rings is 1. The molecule has 0 saturated carbocycles. The molecule has 1 aliphatic heterocycles. The summed E-state index contributed by atoms with van der Waals surface area (Å²) in [6, 6.07) is 1.74. The normalized spacial score (nSPS) is 19.4. The molecule has 1 unspecified atom stereocenters. The Hall–Kier alpha value is -1.28. The molecule has 2 rings (SSSR count). The van der Waals surface area contributed by atoms with Crippen molar-refractivity contribution < 1.29 is 31.4 Å². The molecule has 1 atom stereocenters. The van der Waals surface area contributed by atoms with Crippen molar-refractivity contribution in [3.8, 4) is 0 Å². The summed E-state index contributed by atoms with van der Waals surface area (Å²) in [5.41, 5.74) is 0.214. The molecule has 0 spiro atoms. The number of nitrogens with zero attached hydrogens (tertiary/aromatic N) is 1. The quantitative estimate of drug-likeness (QED) is 0.681. The molecule has 1 heterocycles. The predicted octanol–water partition coefficient (Wildman–Crippen LogP) is 3.24. The monoisotopic (exact) mass is 327 g/mol. The van der Waals surface area contributed by atoms with Gasteiger partial charge in [-0.25, -0.2) is 13.2 Å². The molecule has 2 nitrogen and oxygen atoms in total.